The number of carbonyl (C=O) groups is 1. The third-order valence-electron chi connectivity index (χ3n) is 5.64. The molecule has 0 atom stereocenters. The number of aryl methyl sites for hydroxylation is 1. The third-order valence-corrected chi connectivity index (χ3v) is 5.64. The Balaban J connectivity index is 1.23. The van der Waals surface area contributed by atoms with Crippen LogP contribution in [-0.4, -0.2) is 64.7 Å². The Morgan fingerprint density at radius 1 is 1.16 bits per heavy atom. The van der Waals surface area contributed by atoms with E-state index in [0.29, 0.717) is 42.2 Å². The molecular formula is C22H25F3N6O. The van der Waals surface area contributed by atoms with Gasteiger partial charge in [-0.15, -0.1) is 0 Å². The van der Waals surface area contributed by atoms with Crippen molar-refractivity contribution < 1.29 is 18.0 Å². The zero-order chi connectivity index (χ0) is 22.7. The van der Waals surface area contributed by atoms with Crippen LogP contribution in [-0.2, 0) is 6.18 Å². The van der Waals surface area contributed by atoms with Crippen molar-refractivity contribution in [3.63, 3.8) is 0 Å². The molecule has 0 radical (unpaired) electrons. The van der Waals surface area contributed by atoms with Crippen LogP contribution in [0.2, 0.25) is 0 Å². The largest absolute Gasteiger partial charge is 0.416 e. The molecule has 170 valence electrons. The Hall–Kier alpha value is -3.14. The maximum Gasteiger partial charge on any atom is 0.416 e. The SMILES string of the molecule is Cc1nn2cccnc2c1C(=O)NCCCN1CCN(c2cccc(C(F)(F)F)c2)CC1. The van der Waals surface area contributed by atoms with E-state index in [2.05, 4.69) is 20.3 Å². The highest BCUT2D eigenvalue weighted by Crippen LogP contribution is 2.31. The fraction of sp³-hybridized carbons (Fsp3) is 0.409. The number of nitrogens with one attached hydrogen (secondary N) is 1. The lowest BCUT2D eigenvalue weighted by Crippen LogP contribution is -2.47. The van der Waals surface area contributed by atoms with Gasteiger partial charge in [-0.25, -0.2) is 9.50 Å². The molecule has 10 heteroatoms. The number of halogens is 3. The molecule has 1 aromatic carbocycles. The van der Waals surface area contributed by atoms with E-state index in [1.807, 2.05) is 4.90 Å². The molecule has 0 bridgehead atoms. The van der Waals surface area contributed by atoms with Gasteiger partial charge in [0.2, 0.25) is 0 Å². The van der Waals surface area contributed by atoms with Crippen LogP contribution in [0, 0.1) is 6.92 Å². The normalized spacial score (nSPS) is 15.3. The summed E-state index contributed by atoms with van der Waals surface area (Å²) in [6.45, 7) is 5.98. The van der Waals surface area contributed by atoms with Gasteiger partial charge in [-0.05, 0) is 44.2 Å². The van der Waals surface area contributed by atoms with Crippen molar-refractivity contribution in [2.24, 2.45) is 0 Å². The van der Waals surface area contributed by atoms with E-state index < -0.39 is 11.7 Å². The maximum atomic E-state index is 13.0. The minimum absolute atomic E-state index is 0.189. The lowest BCUT2D eigenvalue weighted by molar-refractivity contribution is -0.137. The summed E-state index contributed by atoms with van der Waals surface area (Å²) in [5.74, 6) is -0.189. The van der Waals surface area contributed by atoms with E-state index in [0.717, 1.165) is 32.1 Å². The van der Waals surface area contributed by atoms with E-state index in [4.69, 9.17) is 0 Å². The molecule has 3 heterocycles. The zero-order valence-corrected chi connectivity index (χ0v) is 17.8. The van der Waals surface area contributed by atoms with Crippen molar-refractivity contribution >= 4 is 17.2 Å². The van der Waals surface area contributed by atoms with Gasteiger partial charge in [0.05, 0.1) is 11.3 Å². The number of hydrogen-bond acceptors (Lipinski definition) is 5. The van der Waals surface area contributed by atoms with Gasteiger partial charge in [0.25, 0.3) is 5.91 Å². The van der Waals surface area contributed by atoms with E-state index in [1.165, 1.54) is 12.1 Å². The van der Waals surface area contributed by atoms with Gasteiger partial charge in [0.15, 0.2) is 5.65 Å². The highest BCUT2D eigenvalue weighted by atomic mass is 19.4. The van der Waals surface area contributed by atoms with Crippen LogP contribution >= 0.6 is 0 Å². The first-order chi connectivity index (χ1) is 15.3. The van der Waals surface area contributed by atoms with Crippen molar-refractivity contribution in [3.05, 3.63) is 59.5 Å². The number of carbonyl (C=O) groups excluding carboxylic acids is 1. The summed E-state index contributed by atoms with van der Waals surface area (Å²) in [6.07, 6.45) is -0.168. The summed E-state index contributed by atoms with van der Waals surface area (Å²) in [5, 5.41) is 7.24. The smallest absolute Gasteiger partial charge is 0.369 e. The number of alkyl halides is 3. The number of anilines is 1. The molecular weight excluding hydrogens is 421 g/mol. The Labute approximate surface area is 183 Å². The molecule has 2 aromatic heterocycles. The summed E-state index contributed by atoms with van der Waals surface area (Å²) in [4.78, 5) is 21.1. The number of aromatic nitrogens is 3. The molecule has 1 saturated heterocycles. The second-order valence-electron chi connectivity index (χ2n) is 7.83. The lowest BCUT2D eigenvalue weighted by atomic mass is 10.1. The molecule has 7 nitrogen and oxygen atoms in total. The summed E-state index contributed by atoms with van der Waals surface area (Å²) >= 11 is 0. The molecule has 1 amide bonds. The zero-order valence-electron chi connectivity index (χ0n) is 17.8. The van der Waals surface area contributed by atoms with Gasteiger partial charge < -0.3 is 10.2 Å². The number of benzene rings is 1. The summed E-state index contributed by atoms with van der Waals surface area (Å²) < 4.78 is 40.4. The Morgan fingerprint density at radius 2 is 1.94 bits per heavy atom. The highest BCUT2D eigenvalue weighted by Gasteiger charge is 2.31. The van der Waals surface area contributed by atoms with Crippen molar-refractivity contribution in [1.82, 2.24) is 24.8 Å². The number of fused-ring (bicyclic) bond motifs is 1. The molecule has 1 N–H and O–H groups in total. The van der Waals surface area contributed by atoms with Crippen molar-refractivity contribution in [2.75, 3.05) is 44.2 Å². The van der Waals surface area contributed by atoms with Crippen LogP contribution in [0.15, 0.2) is 42.7 Å². The number of hydrogen-bond donors (Lipinski definition) is 1. The second kappa shape index (κ2) is 9.15. The van der Waals surface area contributed by atoms with E-state index >= 15 is 0 Å². The Kier molecular flexibility index (Phi) is 6.31. The summed E-state index contributed by atoms with van der Waals surface area (Å²) in [7, 11) is 0. The Morgan fingerprint density at radius 3 is 2.69 bits per heavy atom. The first-order valence-electron chi connectivity index (χ1n) is 10.6. The van der Waals surface area contributed by atoms with Crippen molar-refractivity contribution in [3.8, 4) is 0 Å². The number of piperazine rings is 1. The second-order valence-corrected chi connectivity index (χ2v) is 7.83. The third kappa shape index (κ3) is 4.85. The molecule has 0 saturated carbocycles. The fourth-order valence-electron chi connectivity index (χ4n) is 3.96. The molecule has 0 unspecified atom stereocenters. The molecule has 32 heavy (non-hydrogen) atoms. The van der Waals surface area contributed by atoms with Gasteiger partial charge in [-0.2, -0.15) is 18.3 Å². The summed E-state index contributed by atoms with van der Waals surface area (Å²) in [6, 6.07) is 7.24. The van der Waals surface area contributed by atoms with Crippen LogP contribution in [0.25, 0.3) is 5.65 Å². The van der Waals surface area contributed by atoms with Crippen LogP contribution in [0.3, 0.4) is 0 Å². The first-order valence-corrected chi connectivity index (χ1v) is 10.6. The van der Waals surface area contributed by atoms with Crippen molar-refractivity contribution in [2.45, 2.75) is 19.5 Å². The molecule has 1 aliphatic rings. The van der Waals surface area contributed by atoms with Gasteiger partial charge in [0, 0.05) is 50.8 Å². The van der Waals surface area contributed by atoms with Crippen LogP contribution in [0.1, 0.15) is 28.0 Å². The number of rotatable bonds is 6. The average molecular weight is 446 g/mol. The molecule has 1 aliphatic heterocycles. The molecule has 1 fully saturated rings. The summed E-state index contributed by atoms with van der Waals surface area (Å²) in [5.41, 5.74) is 1.63. The van der Waals surface area contributed by atoms with E-state index in [9.17, 15) is 18.0 Å². The maximum absolute atomic E-state index is 13.0. The first kappa shape index (κ1) is 22.1. The standard InChI is InChI=1S/C22H25F3N6O/c1-16-19(20-26-7-4-10-31(20)28-16)21(32)27-8-3-9-29-11-13-30(14-12-29)18-6-2-5-17(15-18)22(23,24)25/h2,4-7,10,15H,3,8-9,11-14H2,1H3,(H,27,32). The Bertz CT molecular complexity index is 1090. The van der Waals surface area contributed by atoms with Crippen LogP contribution in [0.4, 0.5) is 18.9 Å². The molecule has 3 aromatic rings. The number of nitrogens with zero attached hydrogens (tertiary/aromatic N) is 5. The molecule has 4 rings (SSSR count). The lowest BCUT2D eigenvalue weighted by Gasteiger charge is -2.36. The number of amides is 1. The van der Waals surface area contributed by atoms with Crippen molar-refractivity contribution in [1.29, 1.82) is 0 Å². The highest BCUT2D eigenvalue weighted by molar-refractivity contribution is 6.00. The van der Waals surface area contributed by atoms with Gasteiger partial charge in [0.1, 0.15) is 5.56 Å². The minimum atomic E-state index is -4.33. The minimum Gasteiger partial charge on any atom is -0.369 e. The van der Waals surface area contributed by atoms with Gasteiger partial charge >= 0.3 is 6.18 Å². The van der Waals surface area contributed by atoms with Crippen LogP contribution < -0.4 is 10.2 Å². The van der Waals surface area contributed by atoms with Gasteiger partial charge in [-0.1, -0.05) is 6.07 Å². The average Bonchev–Trinajstić information content (AvgIpc) is 3.12. The fourth-order valence-corrected chi connectivity index (χ4v) is 3.96. The quantitative estimate of drug-likeness (QED) is 0.590. The topological polar surface area (TPSA) is 65.8 Å². The van der Waals surface area contributed by atoms with E-state index in [1.54, 1.807) is 36.0 Å². The molecule has 0 aliphatic carbocycles. The monoisotopic (exact) mass is 446 g/mol. The predicted octanol–water partition coefficient (Wildman–Crippen LogP) is 3.00. The van der Waals surface area contributed by atoms with Crippen LogP contribution in [0.5, 0.6) is 0 Å². The van der Waals surface area contributed by atoms with Gasteiger partial charge in [-0.3, -0.25) is 9.69 Å². The molecule has 0 spiro atoms. The van der Waals surface area contributed by atoms with E-state index in [-0.39, 0.29) is 5.91 Å². The predicted molar refractivity (Wildman–Crippen MR) is 115 cm³/mol.